The van der Waals surface area contributed by atoms with E-state index in [0.717, 1.165) is 10.3 Å². The molecule has 0 bridgehead atoms. The van der Waals surface area contributed by atoms with Gasteiger partial charge in [0.15, 0.2) is 0 Å². The zero-order valence-corrected chi connectivity index (χ0v) is 15.6. The number of hydrogen-bond donors (Lipinski definition) is 2. The van der Waals surface area contributed by atoms with Gasteiger partial charge in [-0.05, 0) is 48.7 Å². The lowest BCUT2D eigenvalue weighted by Crippen LogP contribution is -2.25. The van der Waals surface area contributed by atoms with Crippen LogP contribution >= 0.6 is 11.3 Å². The van der Waals surface area contributed by atoms with Gasteiger partial charge in [-0.15, -0.1) is 11.3 Å². The summed E-state index contributed by atoms with van der Waals surface area (Å²) in [7, 11) is -3.71. The van der Waals surface area contributed by atoms with Gasteiger partial charge in [-0.25, -0.2) is 17.9 Å². The standard InChI is InChI=1S/C18H17FN2O3S2/c1-11-16-14(19)3-2-4-15(16)25-17(11)18(22)21-10-9-12-5-7-13(8-6-12)26(20,23)24/h2-8H,9-10H2,1H3,(H,21,22)(H2,20,23,24). The number of nitrogens with two attached hydrogens (primary N) is 1. The number of fused-ring (bicyclic) bond motifs is 1. The van der Waals surface area contributed by atoms with Gasteiger partial charge in [-0.1, -0.05) is 18.2 Å². The third kappa shape index (κ3) is 3.77. The summed E-state index contributed by atoms with van der Waals surface area (Å²) in [4.78, 5) is 12.9. The van der Waals surface area contributed by atoms with Crippen LogP contribution in [0.4, 0.5) is 4.39 Å². The lowest BCUT2D eigenvalue weighted by Gasteiger charge is -2.06. The van der Waals surface area contributed by atoms with E-state index in [2.05, 4.69) is 5.32 Å². The minimum Gasteiger partial charge on any atom is -0.351 e. The SMILES string of the molecule is Cc1c(C(=O)NCCc2ccc(S(N)(=O)=O)cc2)sc2cccc(F)c12. The van der Waals surface area contributed by atoms with Crippen LogP contribution in [-0.4, -0.2) is 20.9 Å². The second-order valence-electron chi connectivity index (χ2n) is 5.86. The fraction of sp³-hybridized carbons (Fsp3) is 0.167. The molecule has 3 rings (SSSR count). The molecule has 1 aromatic heterocycles. The molecule has 0 atom stereocenters. The van der Waals surface area contributed by atoms with E-state index in [1.807, 2.05) is 0 Å². The molecule has 3 N–H and O–H groups in total. The number of nitrogens with one attached hydrogen (secondary N) is 1. The molecule has 0 fully saturated rings. The van der Waals surface area contributed by atoms with Crippen molar-refractivity contribution in [2.75, 3.05) is 6.54 Å². The van der Waals surface area contributed by atoms with Crippen molar-refractivity contribution in [3.63, 3.8) is 0 Å². The Bertz CT molecular complexity index is 1070. The first-order valence-electron chi connectivity index (χ1n) is 7.85. The molecule has 2 aromatic carbocycles. The van der Waals surface area contributed by atoms with Crippen molar-refractivity contribution >= 4 is 37.4 Å². The number of carbonyl (C=O) groups excluding carboxylic acids is 1. The molecule has 0 aliphatic heterocycles. The Kier molecular flexibility index (Phi) is 5.08. The van der Waals surface area contributed by atoms with E-state index in [4.69, 9.17) is 5.14 Å². The number of thiophene rings is 1. The maximum absolute atomic E-state index is 13.9. The molecule has 136 valence electrons. The number of rotatable bonds is 5. The fourth-order valence-corrected chi connectivity index (χ4v) is 4.37. The van der Waals surface area contributed by atoms with Crippen molar-refractivity contribution in [2.24, 2.45) is 5.14 Å². The highest BCUT2D eigenvalue weighted by molar-refractivity contribution is 7.89. The Labute approximate surface area is 154 Å². The van der Waals surface area contributed by atoms with E-state index < -0.39 is 10.0 Å². The highest BCUT2D eigenvalue weighted by Crippen LogP contribution is 2.32. The minimum atomic E-state index is -3.71. The van der Waals surface area contributed by atoms with Crippen molar-refractivity contribution < 1.29 is 17.6 Å². The van der Waals surface area contributed by atoms with Crippen molar-refractivity contribution in [1.29, 1.82) is 0 Å². The maximum atomic E-state index is 13.9. The summed E-state index contributed by atoms with van der Waals surface area (Å²) in [6.07, 6.45) is 0.537. The number of carbonyl (C=O) groups is 1. The zero-order valence-electron chi connectivity index (χ0n) is 14.0. The smallest absolute Gasteiger partial charge is 0.261 e. The summed E-state index contributed by atoms with van der Waals surface area (Å²) in [5.74, 6) is -0.575. The van der Waals surface area contributed by atoms with Crippen LogP contribution in [0.2, 0.25) is 0 Å². The third-order valence-corrected chi connectivity index (χ3v) is 6.25. The van der Waals surface area contributed by atoms with Crippen LogP contribution < -0.4 is 10.5 Å². The molecule has 5 nitrogen and oxygen atoms in total. The lowest BCUT2D eigenvalue weighted by atomic mass is 10.1. The Morgan fingerprint density at radius 1 is 1.19 bits per heavy atom. The van der Waals surface area contributed by atoms with Crippen LogP contribution in [0.5, 0.6) is 0 Å². The van der Waals surface area contributed by atoms with E-state index in [1.54, 1.807) is 31.2 Å². The summed E-state index contributed by atoms with van der Waals surface area (Å²) >= 11 is 1.26. The molecule has 3 aromatic rings. The number of sulfonamides is 1. The molecule has 0 aliphatic rings. The van der Waals surface area contributed by atoms with E-state index in [1.165, 1.54) is 29.5 Å². The van der Waals surface area contributed by atoms with Crippen LogP contribution in [0, 0.1) is 12.7 Å². The summed E-state index contributed by atoms with van der Waals surface area (Å²) in [5.41, 5.74) is 1.51. The van der Waals surface area contributed by atoms with Crippen LogP contribution in [0.25, 0.3) is 10.1 Å². The van der Waals surface area contributed by atoms with Crippen LogP contribution in [-0.2, 0) is 16.4 Å². The largest absolute Gasteiger partial charge is 0.351 e. The Morgan fingerprint density at radius 3 is 2.50 bits per heavy atom. The van der Waals surface area contributed by atoms with E-state index in [-0.39, 0.29) is 16.6 Å². The minimum absolute atomic E-state index is 0.0493. The normalized spacial score (nSPS) is 11.7. The van der Waals surface area contributed by atoms with Gasteiger partial charge in [0, 0.05) is 16.6 Å². The summed E-state index contributed by atoms with van der Waals surface area (Å²) in [6.45, 7) is 2.12. The predicted molar refractivity (Wildman–Crippen MR) is 100 cm³/mol. The zero-order chi connectivity index (χ0) is 18.9. The van der Waals surface area contributed by atoms with Gasteiger partial charge in [0.05, 0.1) is 9.77 Å². The highest BCUT2D eigenvalue weighted by atomic mass is 32.2. The Morgan fingerprint density at radius 2 is 1.88 bits per heavy atom. The first-order valence-corrected chi connectivity index (χ1v) is 10.2. The molecule has 1 amide bonds. The number of primary sulfonamides is 1. The van der Waals surface area contributed by atoms with Crippen LogP contribution in [0.3, 0.4) is 0 Å². The average Bonchev–Trinajstić information content (AvgIpc) is 2.93. The van der Waals surface area contributed by atoms with Gasteiger partial charge in [-0.3, -0.25) is 4.79 Å². The van der Waals surface area contributed by atoms with Gasteiger partial charge in [0.25, 0.3) is 5.91 Å². The molecule has 0 radical (unpaired) electrons. The van der Waals surface area contributed by atoms with Gasteiger partial charge in [0.2, 0.25) is 10.0 Å². The fourth-order valence-electron chi connectivity index (χ4n) is 2.72. The molecule has 0 aliphatic carbocycles. The second kappa shape index (κ2) is 7.14. The topological polar surface area (TPSA) is 89.3 Å². The van der Waals surface area contributed by atoms with Crippen molar-refractivity contribution in [2.45, 2.75) is 18.2 Å². The summed E-state index contributed by atoms with van der Waals surface area (Å²) in [5, 5.41) is 8.36. The molecular formula is C18H17FN2O3S2. The quantitative estimate of drug-likeness (QED) is 0.700. The molecule has 0 unspecified atom stereocenters. The average molecular weight is 392 g/mol. The summed E-state index contributed by atoms with van der Waals surface area (Å²) < 4.78 is 37.1. The van der Waals surface area contributed by atoms with Crippen molar-refractivity contribution in [3.8, 4) is 0 Å². The van der Waals surface area contributed by atoms with E-state index in [9.17, 15) is 17.6 Å². The number of aryl methyl sites for hydroxylation is 1. The van der Waals surface area contributed by atoms with Crippen molar-refractivity contribution in [3.05, 3.63) is 64.3 Å². The van der Waals surface area contributed by atoms with Gasteiger partial charge in [0.1, 0.15) is 5.82 Å². The molecular weight excluding hydrogens is 375 g/mol. The third-order valence-electron chi connectivity index (χ3n) is 4.06. The first kappa shape index (κ1) is 18.5. The van der Waals surface area contributed by atoms with Gasteiger partial charge in [-0.2, -0.15) is 0 Å². The molecule has 8 heteroatoms. The highest BCUT2D eigenvalue weighted by Gasteiger charge is 2.17. The van der Waals surface area contributed by atoms with E-state index >= 15 is 0 Å². The number of hydrogen-bond acceptors (Lipinski definition) is 4. The van der Waals surface area contributed by atoms with Crippen molar-refractivity contribution in [1.82, 2.24) is 5.32 Å². The second-order valence-corrected chi connectivity index (χ2v) is 8.48. The van der Waals surface area contributed by atoms with Gasteiger partial charge >= 0.3 is 0 Å². The predicted octanol–water partition coefficient (Wildman–Crippen LogP) is 2.97. The molecule has 0 saturated heterocycles. The lowest BCUT2D eigenvalue weighted by molar-refractivity contribution is 0.0957. The summed E-state index contributed by atoms with van der Waals surface area (Å²) in [6, 6.07) is 11.0. The Balaban J connectivity index is 1.66. The first-order chi connectivity index (χ1) is 12.3. The van der Waals surface area contributed by atoms with Gasteiger partial charge < -0.3 is 5.32 Å². The van der Waals surface area contributed by atoms with E-state index in [0.29, 0.717) is 28.8 Å². The van der Waals surface area contributed by atoms with Crippen LogP contribution in [0.15, 0.2) is 47.4 Å². The maximum Gasteiger partial charge on any atom is 0.261 e. The van der Waals surface area contributed by atoms with Crippen LogP contribution in [0.1, 0.15) is 20.8 Å². The molecule has 0 saturated carbocycles. The molecule has 26 heavy (non-hydrogen) atoms. The number of halogens is 1. The monoisotopic (exact) mass is 392 g/mol. The Hall–Kier alpha value is -2.29. The number of benzene rings is 2. The molecule has 1 heterocycles. The molecule has 0 spiro atoms. The number of amides is 1.